The van der Waals surface area contributed by atoms with Gasteiger partial charge in [0.05, 0.1) is 6.61 Å². The number of esters is 2. The third-order valence-electron chi connectivity index (χ3n) is 10.0. The lowest BCUT2D eigenvalue weighted by molar-refractivity contribution is -0.162. The summed E-state index contributed by atoms with van der Waals surface area (Å²) in [5, 5.41) is 0. The van der Waals surface area contributed by atoms with Crippen LogP contribution in [-0.2, 0) is 23.8 Å². The maximum Gasteiger partial charge on any atom is 0.306 e. The van der Waals surface area contributed by atoms with E-state index in [-0.39, 0.29) is 25.2 Å². The summed E-state index contributed by atoms with van der Waals surface area (Å²) in [6.45, 7) is 7.47. The Morgan fingerprint density at radius 1 is 0.371 bits per heavy atom. The molecule has 0 bridgehead atoms. The molecule has 0 aromatic heterocycles. The van der Waals surface area contributed by atoms with Gasteiger partial charge in [-0.15, -0.1) is 0 Å². The largest absolute Gasteiger partial charge is 0.462 e. The zero-order chi connectivity index (χ0) is 44.9. The number of hydrogen-bond donors (Lipinski definition) is 0. The normalized spacial score (nSPS) is 13.3. The monoisotopic (exact) mass is 857 g/mol. The van der Waals surface area contributed by atoms with Gasteiger partial charge in [0.15, 0.2) is 6.10 Å². The fraction of sp³-hybridized carbons (Fsp3) is 0.614. The Morgan fingerprint density at radius 3 is 1.23 bits per heavy atom. The first-order chi connectivity index (χ1) is 30.6. The Balaban J connectivity index is 4.42. The van der Waals surface area contributed by atoms with Crippen LogP contribution in [-0.4, -0.2) is 37.9 Å². The van der Waals surface area contributed by atoms with Crippen molar-refractivity contribution < 1.29 is 23.8 Å². The van der Waals surface area contributed by atoms with E-state index < -0.39 is 6.10 Å². The second kappa shape index (κ2) is 51.6. The summed E-state index contributed by atoms with van der Waals surface area (Å²) in [5.41, 5.74) is 0. The summed E-state index contributed by atoms with van der Waals surface area (Å²) in [6, 6.07) is 0. The number of ether oxygens (including phenoxy) is 3. The Kier molecular flexibility index (Phi) is 48.6. The molecule has 0 aliphatic heterocycles. The van der Waals surface area contributed by atoms with Gasteiger partial charge in [-0.05, 0) is 96.3 Å². The van der Waals surface area contributed by atoms with Crippen molar-refractivity contribution in [3.8, 4) is 0 Å². The molecule has 0 saturated heterocycles. The Morgan fingerprint density at radius 2 is 0.758 bits per heavy atom. The quantitative estimate of drug-likeness (QED) is 0.0347. The first-order valence-electron chi connectivity index (χ1n) is 25.1. The van der Waals surface area contributed by atoms with E-state index in [1.807, 2.05) is 6.08 Å². The van der Waals surface area contributed by atoms with E-state index in [1.54, 1.807) is 0 Å². The molecule has 0 aliphatic carbocycles. The van der Waals surface area contributed by atoms with Crippen molar-refractivity contribution in [2.45, 2.75) is 207 Å². The highest BCUT2D eigenvalue weighted by molar-refractivity contribution is 5.70. The standard InChI is InChI=1S/C57H92O5/c1-4-7-10-13-16-19-22-24-26-28-29-31-32-34-36-38-41-44-47-50-56(58)61-54-55(53-60-52-49-46-43-40-21-18-15-12-9-6-3)62-57(59)51-48-45-42-39-37-35-33-30-27-25-23-20-17-14-11-8-5-2/h7-8,10-11,16-17,19-20,24-27,29,31,33-36,41,44,55H,4-6,9,12-15,18,21-23,28,30,32,37-40,42-43,45-54H2,1-3H3/b10-7-,11-8-,19-16-,20-17-,26-24-,27-25-,31-29-,35-33-,36-34-,44-41-. The average Bonchev–Trinajstić information content (AvgIpc) is 3.27. The van der Waals surface area contributed by atoms with Crippen molar-refractivity contribution in [3.63, 3.8) is 0 Å². The predicted octanol–water partition coefficient (Wildman–Crippen LogP) is 17.0. The molecule has 5 nitrogen and oxygen atoms in total. The lowest BCUT2D eigenvalue weighted by Gasteiger charge is -2.18. The van der Waals surface area contributed by atoms with E-state index >= 15 is 0 Å². The molecule has 0 heterocycles. The van der Waals surface area contributed by atoms with Gasteiger partial charge in [0.25, 0.3) is 0 Å². The molecule has 0 saturated carbocycles. The maximum absolute atomic E-state index is 12.8. The van der Waals surface area contributed by atoms with Gasteiger partial charge in [-0.25, -0.2) is 0 Å². The molecule has 62 heavy (non-hydrogen) atoms. The summed E-state index contributed by atoms with van der Waals surface area (Å²) >= 11 is 0. The van der Waals surface area contributed by atoms with E-state index in [2.05, 4.69) is 136 Å². The Labute approximate surface area is 382 Å². The molecule has 0 N–H and O–H groups in total. The highest BCUT2D eigenvalue weighted by atomic mass is 16.6. The number of rotatable bonds is 44. The Bertz CT molecular complexity index is 1290. The van der Waals surface area contributed by atoms with Crippen molar-refractivity contribution in [2.75, 3.05) is 19.8 Å². The molecule has 0 amide bonds. The van der Waals surface area contributed by atoms with E-state index in [1.165, 1.54) is 51.4 Å². The molecule has 1 atom stereocenters. The molecule has 0 aromatic carbocycles. The zero-order valence-corrected chi connectivity index (χ0v) is 40.1. The smallest absolute Gasteiger partial charge is 0.306 e. The van der Waals surface area contributed by atoms with Gasteiger partial charge >= 0.3 is 11.9 Å². The highest BCUT2D eigenvalue weighted by Gasteiger charge is 2.17. The second-order valence-electron chi connectivity index (χ2n) is 16.0. The van der Waals surface area contributed by atoms with Crippen LogP contribution in [0, 0.1) is 0 Å². The minimum Gasteiger partial charge on any atom is -0.462 e. The van der Waals surface area contributed by atoms with Crippen molar-refractivity contribution >= 4 is 11.9 Å². The highest BCUT2D eigenvalue weighted by Crippen LogP contribution is 2.12. The SMILES string of the molecule is CC/C=C\C/C=C\C/C=C\C/C=C\C/C=C\C/C=C\CCC(=O)OCC(COCCCCCCCCCCCC)OC(=O)CCCCCC/C=C\C/C=C\C/C=C\C/C=C\CC. The van der Waals surface area contributed by atoms with E-state index in [0.29, 0.717) is 25.9 Å². The molecule has 1 unspecified atom stereocenters. The molecule has 0 radical (unpaired) electrons. The number of unbranched alkanes of at least 4 members (excludes halogenated alkanes) is 13. The van der Waals surface area contributed by atoms with Gasteiger partial charge < -0.3 is 14.2 Å². The van der Waals surface area contributed by atoms with E-state index in [4.69, 9.17) is 14.2 Å². The fourth-order valence-corrected chi connectivity index (χ4v) is 6.35. The molecule has 5 heteroatoms. The number of carbonyl (C=O) groups excluding carboxylic acids is 2. The van der Waals surface area contributed by atoms with Gasteiger partial charge in [-0.3, -0.25) is 9.59 Å². The van der Waals surface area contributed by atoms with E-state index in [0.717, 1.165) is 109 Å². The van der Waals surface area contributed by atoms with Crippen LogP contribution in [0.2, 0.25) is 0 Å². The minimum absolute atomic E-state index is 0.0290. The van der Waals surface area contributed by atoms with Crippen LogP contribution >= 0.6 is 0 Å². The molecule has 0 rings (SSSR count). The zero-order valence-electron chi connectivity index (χ0n) is 40.1. The molecule has 0 fully saturated rings. The first-order valence-corrected chi connectivity index (χ1v) is 25.1. The van der Waals surface area contributed by atoms with Crippen LogP contribution in [0.1, 0.15) is 201 Å². The van der Waals surface area contributed by atoms with Crippen molar-refractivity contribution in [2.24, 2.45) is 0 Å². The topological polar surface area (TPSA) is 61.8 Å². The predicted molar refractivity (Wildman–Crippen MR) is 269 cm³/mol. The van der Waals surface area contributed by atoms with Crippen molar-refractivity contribution in [3.05, 3.63) is 122 Å². The van der Waals surface area contributed by atoms with Gasteiger partial charge in [-0.2, -0.15) is 0 Å². The van der Waals surface area contributed by atoms with Crippen LogP contribution in [0.3, 0.4) is 0 Å². The maximum atomic E-state index is 12.8. The van der Waals surface area contributed by atoms with Crippen LogP contribution < -0.4 is 0 Å². The molecule has 0 spiro atoms. The van der Waals surface area contributed by atoms with E-state index in [9.17, 15) is 9.59 Å². The second-order valence-corrected chi connectivity index (χ2v) is 16.0. The molecule has 0 aliphatic rings. The molecule has 0 aromatic rings. The number of hydrogen-bond acceptors (Lipinski definition) is 5. The lowest BCUT2D eigenvalue weighted by atomic mass is 10.1. The fourth-order valence-electron chi connectivity index (χ4n) is 6.35. The number of carbonyl (C=O) groups is 2. The summed E-state index contributed by atoms with van der Waals surface area (Å²) in [4.78, 5) is 25.3. The lowest BCUT2D eigenvalue weighted by Crippen LogP contribution is -2.30. The summed E-state index contributed by atoms with van der Waals surface area (Å²) < 4.78 is 17.3. The minimum atomic E-state index is -0.585. The van der Waals surface area contributed by atoms with Gasteiger partial charge in [0.2, 0.25) is 0 Å². The molecular weight excluding hydrogens is 765 g/mol. The number of allylic oxidation sites excluding steroid dienone is 20. The van der Waals surface area contributed by atoms with Gasteiger partial charge in [-0.1, -0.05) is 213 Å². The molecular formula is C57H92O5. The third-order valence-corrected chi connectivity index (χ3v) is 10.0. The molecule has 350 valence electrons. The summed E-state index contributed by atoms with van der Waals surface area (Å²) in [7, 11) is 0. The van der Waals surface area contributed by atoms with Crippen LogP contribution in [0.15, 0.2) is 122 Å². The van der Waals surface area contributed by atoms with Crippen LogP contribution in [0.5, 0.6) is 0 Å². The van der Waals surface area contributed by atoms with Crippen molar-refractivity contribution in [1.29, 1.82) is 0 Å². The summed E-state index contributed by atoms with van der Waals surface area (Å²) in [5.74, 6) is -0.529. The van der Waals surface area contributed by atoms with Crippen LogP contribution in [0.4, 0.5) is 0 Å². The van der Waals surface area contributed by atoms with Crippen LogP contribution in [0.25, 0.3) is 0 Å². The van der Waals surface area contributed by atoms with Gasteiger partial charge in [0, 0.05) is 19.4 Å². The summed E-state index contributed by atoms with van der Waals surface area (Å²) in [6.07, 6.45) is 72.1. The Hall–Kier alpha value is -3.70. The van der Waals surface area contributed by atoms with Gasteiger partial charge in [0.1, 0.15) is 6.61 Å². The average molecular weight is 857 g/mol. The van der Waals surface area contributed by atoms with Crippen molar-refractivity contribution in [1.82, 2.24) is 0 Å². The first kappa shape index (κ1) is 58.3. The third kappa shape index (κ3) is 49.0.